The fourth-order valence-electron chi connectivity index (χ4n) is 0.468. The van der Waals surface area contributed by atoms with E-state index in [4.69, 9.17) is 15.9 Å². The van der Waals surface area contributed by atoms with E-state index in [-0.39, 0.29) is 31.0 Å². The second kappa shape index (κ2) is 7.74. The molecule has 0 unspecified atom stereocenters. The first-order valence-corrected chi connectivity index (χ1v) is 3.29. The molecule has 0 spiro atoms. The van der Waals surface area contributed by atoms with Crippen molar-refractivity contribution in [3.05, 3.63) is 0 Å². The fraction of sp³-hybridized carbons (Fsp3) is 0.500. The van der Waals surface area contributed by atoms with Crippen molar-refractivity contribution in [3.63, 3.8) is 0 Å². The number of hydrogen-bond acceptors (Lipinski definition) is 5. The van der Waals surface area contributed by atoms with Crippen molar-refractivity contribution in [1.82, 2.24) is 0 Å². The topological polar surface area (TPSA) is 127 Å². The van der Waals surface area contributed by atoms with Crippen LogP contribution in [0.15, 0.2) is 0 Å². The molecule has 8 heteroatoms. The molecule has 0 saturated heterocycles. The molecule has 0 aromatic heterocycles. The molecule has 14 heavy (non-hydrogen) atoms. The molecule has 0 saturated carbocycles. The van der Waals surface area contributed by atoms with Crippen LogP contribution in [-0.2, 0) is 19.1 Å². The summed E-state index contributed by atoms with van der Waals surface area (Å²) in [6.45, 7) is -0.787. The maximum absolute atomic E-state index is 10.6. The minimum atomic E-state index is -1.36. The predicted octanol–water partition coefficient (Wildman–Crippen LogP) is -4.47. The van der Waals surface area contributed by atoms with Gasteiger partial charge >= 0.3 is 47.5 Å². The van der Waals surface area contributed by atoms with Gasteiger partial charge in [0.05, 0.1) is 6.42 Å². The number of nitrogens with two attached hydrogens (primary N) is 1. The van der Waals surface area contributed by atoms with E-state index in [1.165, 1.54) is 0 Å². The van der Waals surface area contributed by atoms with E-state index in [1.54, 1.807) is 0 Å². The summed E-state index contributed by atoms with van der Waals surface area (Å²) < 4.78 is 4.14. The Bertz CT molecular complexity index is 236. The Balaban J connectivity index is -0.000000720. The van der Waals surface area contributed by atoms with Crippen molar-refractivity contribution in [2.45, 2.75) is 12.5 Å². The van der Waals surface area contributed by atoms with Gasteiger partial charge in [0.1, 0.15) is 6.04 Å². The Morgan fingerprint density at radius 1 is 1.36 bits per heavy atom. The van der Waals surface area contributed by atoms with Crippen LogP contribution in [0.25, 0.3) is 0 Å². The van der Waals surface area contributed by atoms with Crippen molar-refractivity contribution in [2.75, 3.05) is 6.61 Å². The summed E-state index contributed by atoms with van der Waals surface area (Å²) in [5, 5.41) is 16.3. The van der Waals surface area contributed by atoms with Gasteiger partial charge < -0.3 is 22.1 Å². The number of esters is 1. The average Bonchev–Trinajstić information content (AvgIpc) is 2.00. The molecule has 0 bridgehead atoms. The van der Waals surface area contributed by atoms with Gasteiger partial charge in [-0.05, 0) is 0 Å². The Labute approximate surface area is 103 Å². The first-order valence-electron chi connectivity index (χ1n) is 3.29. The van der Waals surface area contributed by atoms with E-state index in [9.17, 15) is 14.4 Å². The van der Waals surface area contributed by atoms with E-state index in [2.05, 4.69) is 4.74 Å². The minimum Gasteiger partial charge on any atom is -1.00 e. The van der Waals surface area contributed by atoms with Crippen LogP contribution in [0, 0.1) is 0 Å². The maximum Gasteiger partial charge on any atom is 1.00 e. The zero-order valence-corrected chi connectivity index (χ0v) is 9.60. The molecule has 0 aromatic rings. The SMILES string of the molecule is N[C@@H](CC(=O)OCC(=O)O)C(=O)O.[H-].[Na+]. The monoisotopic (exact) mass is 215 g/mol. The van der Waals surface area contributed by atoms with Gasteiger partial charge in [-0.3, -0.25) is 9.59 Å². The van der Waals surface area contributed by atoms with E-state index in [0.717, 1.165) is 0 Å². The van der Waals surface area contributed by atoms with E-state index in [0.29, 0.717) is 0 Å². The molecule has 0 fully saturated rings. The molecule has 1 atom stereocenters. The van der Waals surface area contributed by atoms with E-state index in [1.807, 2.05) is 0 Å². The average molecular weight is 215 g/mol. The standard InChI is InChI=1S/C6H9NO6.Na.H/c7-3(6(11)12)1-5(10)13-2-4(8)9;;/h3H,1-2,7H2,(H,8,9)(H,11,12);;/q;+1;-1/t3-;;/m0../s1. The molecule has 0 heterocycles. The molecular weight excluding hydrogens is 205 g/mol. The van der Waals surface area contributed by atoms with Crippen molar-refractivity contribution in [1.29, 1.82) is 0 Å². The van der Waals surface area contributed by atoms with Crippen LogP contribution < -0.4 is 35.3 Å². The number of carbonyl (C=O) groups is 3. The molecule has 0 aromatic carbocycles. The van der Waals surface area contributed by atoms with Crippen LogP contribution in [0.3, 0.4) is 0 Å². The number of hydrogen-bond donors (Lipinski definition) is 3. The van der Waals surface area contributed by atoms with Gasteiger partial charge in [-0.15, -0.1) is 0 Å². The number of carboxylic acids is 2. The van der Waals surface area contributed by atoms with Crippen molar-refractivity contribution in [3.8, 4) is 0 Å². The van der Waals surface area contributed by atoms with Gasteiger partial charge in [-0.2, -0.15) is 0 Å². The van der Waals surface area contributed by atoms with Crippen LogP contribution in [0.1, 0.15) is 7.85 Å². The van der Waals surface area contributed by atoms with Crippen molar-refractivity contribution < 1.29 is 60.3 Å². The molecule has 0 aliphatic carbocycles. The third kappa shape index (κ3) is 7.99. The minimum absolute atomic E-state index is 0. The Morgan fingerprint density at radius 2 is 1.86 bits per heavy atom. The van der Waals surface area contributed by atoms with Gasteiger partial charge in [-0.25, -0.2) is 4.79 Å². The molecular formula is C6H10NNaO6. The molecule has 0 aliphatic heterocycles. The third-order valence-electron chi connectivity index (χ3n) is 1.06. The van der Waals surface area contributed by atoms with Crippen molar-refractivity contribution >= 4 is 17.9 Å². The Kier molecular flexibility index (Phi) is 8.75. The smallest absolute Gasteiger partial charge is 1.00 e. The first kappa shape index (κ1) is 15.8. The van der Waals surface area contributed by atoms with Gasteiger partial charge in [0.2, 0.25) is 0 Å². The maximum atomic E-state index is 10.6. The summed E-state index contributed by atoms with van der Waals surface area (Å²) in [7, 11) is 0. The molecule has 7 nitrogen and oxygen atoms in total. The predicted molar refractivity (Wildman–Crippen MR) is 39.9 cm³/mol. The second-order valence-electron chi connectivity index (χ2n) is 2.20. The largest absolute Gasteiger partial charge is 1.00 e. The molecule has 0 radical (unpaired) electrons. The number of aliphatic carboxylic acids is 2. The fourth-order valence-corrected chi connectivity index (χ4v) is 0.468. The summed E-state index contributed by atoms with van der Waals surface area (Å²) in [5.74, 6) is -3.60. The van der Waals surface area contributed by atoms with Crippen LogP contribution in [0.2, 0.25) is 0 Å². The summed E-state index contributed by atoms with van der Waals surface area (Å²) in [5.41, 5.74) is 4.98. The van der Waals surface area contributed by atoms with Crippen LogP contribution in [-0.4, -0.2) is 40.8 Å². The number of carbonyl (C=O) groups excluding carboxylic acids is 1. The van der Waals surface area contributed by atoms with Gasteiger partial charge in [-0.1, -0.05) is 0 Å². The molecule has 4 N–H and O–H groups in total. The Hall–Kier alpha value is -0.630. The summed E-state index contributed by atoms with van der Waals surface area (Å²) in [6.07, 6.45) is -0.539. The zero-order valence-electron chi connectivity index (χ0n) is 8.60. The van der Waals surface area contributed by atoms with Crippen LogP contribution in [0.4, 0.5) is 0 Å². The number of rotatable bonds is 5. The second-order valence-corrected chi connectivity index (χ2v) is 2.20. The number of ether oxygens (including phenoxy) is 1. The number of carboxylic acid groups (broad SMARTS) is 2. The summed E-state index contributed by atoms with van der Waals surface area (Å²) >= 11 is 0. The normalized spacial score (nSPS) is 10.9. The van der Waals surface area contributed by atoms with Gasteiger partial charge in [0.25, 0.3) is 0 Å². The van der Waals surface area contributed by atoms with Gasteiger partial charge in [0, 0.05) is 0 Å². The van der Waals surface area contributed by atoms with Crippen LogP contribution in [0.5, 0.6) is 0 Å². The molecule has 76 valence electrons. The molecule has 0 amide bonds. The molecule has 0 aliphatic rings. The molecule has 0 rings (SSSR count). The summed E-state index contributed by atoms with van der Waals surface area (Å²) in [6, 6.07) is -1.36. The van der Waals surface area contributed by atoms with E-state index >= 15 is 0 Å². The summed E-state index contributed by atoms with van der Waals surface area (Å²) in [4.78, 5) is 30.7. The zero-order chi connectivity index (χ0) is 10.4. The van der Waals surface area contributed by atoms with E-state index < -0.39 is 37.0 Å². The Morgan fingerprint density at radius 3 is 2.21 bits per heavy atom. The first-order chi connectivity index (χ1) is 5.93. The van der Waals surface area contributed by atoms with Crippen LogP contribution >= 0.6 is 0 Å². The quantitative estimate of drug-likeness (QED) is 0.311. The van der Waals surface area contributed by atoms with Crippen molar-refractivity contribution in [2.24, 2.45) is 5.73 Å². The third-order valence-corrected chi connectivity index (χ3v) is 1.06. The van der Waals surface area contributed by atoms with Gasteiger partial charge in [0.15, 0.2) is 6.61 Å².